The number of carbonyl (C=O) groups excluding carboxylic acids is 1. The second-order valence-corrected chi connectivity index (χ2v) is 8.12. The molecule has 3 aromatic rings. The highest BCUT2D eigenvalue weighted by Gasteiger charge is 2.13. The van der Waals surface area contributed by atoms with Crippen LogP contribution in [0.1, 0.15) is 15.9 Å². The van der Waals surface area contributed by atoms with Crippen molar-refractivity contribution in [3.63, 3.8) is 0 Å². The van der Waals surface area contributed by atoms with Crippen LogP contribution >= 0.6 is 15.9 Å². The lowest BCUT2D eigenvalue weighted by atomic mass is 10.1. The molecule has 0 aliphatic heterocycles. The predicted molar refractivity (Wildman–Crippen MR) is 98.0 cm³/mol. The predicted octanol–water partition coefficient (Wildman–Crippen LogP) is 2.65. The van der Waals surface area contributed by atoms with Crippen molar-refractivity contribution in [2.45, 2.75) is 18.4 Å². The van der Waals surface area contributed by atoms with Crippen LogP contribution in [0.3, 0.4) is 0 Å². The highest BCUT2D eigenvalue weighted by atomic mass is 79.9. The minimum Gasteiger partial charge on any atom is -0.439 e. The third-order valence-corrected chi connectivity index (χ3v) is 5.36. The van der Waals surface area contributed by atoms with Crippen LogP contribution in [0.4, 0.5) is 0 Å². The molecule has 7 nitrogen and oxygen atoms in total. The molecule has 0 atom stereocenters. The Labute approximate surface area is 159 Å². The third-order valence-electron chi connectivity index (χ3n) is 3.56. The van der Waals surface area contributed by atoms with Crippen LogP contribution < -0.4 is 4.68 Å². The summed E-state index contributed by atoms with van der Waals surface area (Å²) in [6, 6.07) is 13.4. The second kappa shape index (κ2) is 7.38. The number of rotatable bonds is 6. The van der Waals surface area contributed by atoms with Gasteiger partial charge in [-0.3, -0.25) is 9.47 Å². The van der Waals surface area contributed by atoms with E-state index < -0.39 is 10.0 Å². The zero-order chi connectivity index (χ0) is 18.7. The molecule has 0 saturated carbocycles. The van der Waals surface area contributed by atoms with Crippen molar-refractivity contribution >= 4 is 31.7 Å². The van der Waals surface area contributed by atoms with Gasteiger partial charge in [0.15, 0.2) is 12.3 Å². The Hall–Kier alpha value is -2.52. The highest BCUT2D eigenvalue weighted by Crippen LogP contribution is 2.15. The number of aromatic nitrogens is 3. The van der Waals surface area contributed by atoms with Gasteiger partial charge in [0.2, 0.25) is 6.33 Å². The van der Waals surface area contributed by atoms with Gasteiger partial charge in [-0.1, -0.05) is 45.8 Å². The van der Waals surface area contributed by atoms with Gasteiger partial charge in [0.05, 0.1) is 4.90 Å². The number of ketones is 1. The summed E-state index contributed by atoms with van der Waals surface area (Å²) in [6.07, 6.45) is 2.59. The summed E-state index contributed by atoms with van der Waals surface area (Å²) < 4.78 is 27.9. The zero-order valence-corrected chi connectivity index (χ0v) is 16.2. The molecule has 134 valence electrons. The molecule has 0 amide bonds. The first-order valence-electron chi connectivity index (χ1n) is 7.61. The topological polar surface area (TPSA) is 87.0 Å². The fraction of sp³-hybridized carbons (Fsp3) is 0.118. The molecule has 0 aliphatic carbocycles. The first-order chi connectivity index (χ1) is 12.3. The van der Waals surface area contributed by atoms with Crippen LogP contribution in [0.15, 0.2) is 70.6 Å². The number of aryl methyl sites for hydroxylation is 1. The summed E-state index contributed by atoms with van der Waals surface area (Å²) >= 11 is 3.31. The van der Waals surface area contributed by atoms with E-state index >= 15 is 0 Å². The number of nitrogens with zero attached hydrogens (tertiary/aromatic N) is 4. The molecular weight excluding hydrogens is 420 g/mol. The van der Waals surface area contributed by atoms with E-state index in [4.69, 9.17) is 0 Å². The maximum atomic E-state index is 12.3. The molecule has 9 heteroatoms. The third kappa shape index (κ3) is 4.36. The average molecular weight is 435 g/mol. The van der Waals surface area contributed by atoms with Crippen molar-refractivity contribution in [2.24, 2.45) is 0 Å². The quantitative estimate of drug-likeness (QED) is 0.440. The normalized spacial score (nSPS) is 11.3. The van der Waals surface area contributed by atoms with Crippen LogP contribution in [0.2, 0.25) is 0 Å². The van der Waals surface area contributed by atoms with Gasteiger partial charge < -0.3 is 4.83 Å². The van der Waals surface area contributed by atoms with Gasteiger partial charge in [-0.25, -0.2) is 8.42 Å². The van der Waals surface area contributed by atoms with E-state index in [2.05, 4.69) is 25.9 Å². The number of sulfonamides is 1. The Bertz CT molecular complexity index is 1030. The van der Waals surface area contributed by atoms with Crippen LogP contribution in [0.5, 0.6) is 0 Å². The Kier molecular flexibility index (Phi) is 5.19. The maximum Gasteiger partial charge on any atom is 0.255 e. The largest absolute Gasteiger partial charge is 0.439 e. The number of hydrogen-bond acceptors (Lipinski definition) is 4. The summed E-state index contributed by atoms with van der Waals surface area (Å²) in [5.41, 5.74) is 1.50. The van der Waals surface area contributed by atoms with Gasteiger partial charge in [-0.2, -0.15) is 0 Å². The number of Topliss-reactive ketones (excluding diaryl/α,β-unsaturated/α-hetero) is 1. The lowest BCUT2D eigenvalue weighted by molar-refractivity contribution is -0.614. The highest BCUT2D eigenvalue weighted by molar-refractivity contribution is 9.10. The fourth-order valence-electron chi connectivity index (χ4n) is 2.19. The summed E-state index contributed by atoms with van der Waals surface area (Å²) in [5.74, 6) is -0.144. The standard InChI is InChI=1S/C17H15BrN4O3S/c1-13-2-8-16(9-3-13)26(24,25)20-22-11-19-21(12-22)10-17(23)14-4-6-15(18)7-5-14/h2-9,11-12H,10H2,1H3. The van der Waals surface area contributed by atoms with Crippen LogP contribution in [0.25, 0.3) is 4.83 Å². The molecule has 26 heavy (non-hydrogen) atoms. The van der Waals surface area contributed by atoms with Crippen molar-refractivity contribution in [1.29, 1.82) is 0 Å². The molecule has 1 heterocycles. The minimum absolute atomic E-state index is 0.0191. The van der Waals surface area contributed by atoms with Gasteiger partial charge >= 0.3 is 0 Å². The summed E-state index contributed by atoms with van der Waals surface area (Å²) in [6.45, 7) is 1.85. The molecule has 0 bridgehead atoms. The Morgan fingerprint density at radius 2 is 1.81 bits per heavy atom. The van der Waals surface area contributed by atoms with Crippen LogP contribution in [-0.2, 0) is 16.6 Å². The second-order valence-electron chi connectivity index (χ2n) is 5.62. The Morgan fingerprint density at radius 1 is 1.15 bits per heavy atom. The maximum absolute atomic E-state index is 12.3. The Balaban J connectivity index is 1.70. The van der Waals surface area contributed by atoms with Gasteiger partial charge in [-0.15, -0.1) is 4.68 Å². The monoisotopic (exact) mass is 434 g/mol. The van der Waals surface area contributed by atoms with Gasteiger partial charge in [0.25, 0.3) is 6.33 Å². The van der Waals surface area contributed by atoms with E-state index in [9.17, 15) is 13.2 Å². The van der Waals surface area contributed by atoms with Crippen molar-refractivity contribution < 1.29 is 17.9 Å². The molecule has 1 aromatic heterocycles. The van der Waals surface area contributed by atoms with E-state index in [0.29, 0.717) is 5.56 Å². The van der Waals surface area contributed by atoms with Crippen LogP contribution in [0, 0.1) is 6.92 Å². The number of halogens is 1. The molecule has 0 spiro atoms. The number of carbonyl (C=O) groups is 1. The van der Waals surface area contributed by atoms with Gasteiger partial charge in [0.1, 0.15) is 10.0 Å². The lowest BCUT2D eigenvalue weighted by Crippen LogP contribution is -2.30. The summed E-state index contributed by atoms with van der Waals surface area (Å²) in [4.78, 5) is 16.0. The van der Waals surface area contributed by atoms with Crippen molar-refractivity contribution in [3.05, 3.63) is 81.6 Å². The molecule has 3 rings (SSSR count). The Morgan fingerprint density at radius 3 is 2.46 bits per heavy atom. The molecule has 0 unspecified atom stereocenters. The van der Waals surface area contributed by atoms with E-state index in [1.165, 1.54) is 29.5 Å². The first kappa shape index (κ1) is 18.3. The SMILES string of the molecule is Cc1ccc(S(=O)(=O)[N-][n+]2cnn(CC(=O)c3ccc(Br)cc3)c2)cc1. The minimum atomic E-state index is -3.86. The molecule has 0 aliphatic rings. The number of hydrogen-bond donors (Lipinski definition) is 0. The lowest BCUT2D eigenvalue weighted by Gasteiger charge is -2.17. The first-order valence-corrected chi connectivity index (χ1v) is 9.84. The van der Waals surface area contributed by atoms with Gasteiger partial charge in [-0.05, 0) is 31.2 Å². The molecule has 0 N–H and O–H groups in total. The molecule has 0 saturated heterocycles. The van der Waals surface area contributed by atoms with Crippen molar-refractivity contribution in [1.82, 2.24) is 9.78 Å². The van der Waals surface area contributed by atoms with Crippen molar-refractivity contribution in [3.8, 4) is 0 Å². The number of benzene rings is 2. The average Bonchev–Trinajstić information content (AvgIpc) is 3.02. The van der Waals surface area contributed by atoms with E-state index in [1.54, 1.807) is 36.4 Å². The van der Waals surface area contributed by atoms with Crippen molar-refractivity contribution in [2.75, 3.05) is 0 Å². The van der Waals surface area contributed by atoms with Crippen LogP contribution in [-0.4, -0.2) is 24.0 Å². The molecular formula is C17H15BrN4O3S. The van der Waals surface area contributed by atoms with E-state index in [0.717, 1.165) is 14.7 Å². The zero-order valence-electron chi connectivity index (χ0n) is 13.8. The summed E-state index contributed by atoms with van der Waals surface area (Å²) in [7, 11) is -3.86. The van der Waals surface area contributed by atoms with E-state index in [1.807, 2.05) is 6.92 Å². The smallest absolute Gasteiger partial charge is 0.255 e. The molecule has 2 aromatic carbocycles. The molecule has 0 fully saturated rings. The molecule has 0 radical (unpaired) electrons. The summed E-state index contributed by atoms with van der Waals surface area (Å²) in [5, 5.41) is 3.98. The van der Waals surface area contributed by atoms with E-state index in [-0.39, 0.29) is 17.2 Å². The fourth-order valence-corrected chi connectivity index (χ4v) is 3.37. The van der Waals surface area contributed by atoms with Gasteiger partial charge in [0, 0.05) is 15.1 Å².